The Labute approximate surface area is 115 Å². The molecule has 1 nitrogen and oxygen atoms in total. The van der Waals surface area contributed by atoms with Crippen molar-refractivity contribution in [1.29, 1.82) is 0 Å². The van der Waals surface area contributed by atoms with Crippen LogP contribution in [-0.2, 0) is 0 Å². The highest BCUT2D eigenvalue weighted by Crippen LogP contribution is 2.33. The first kappa shape index (κ1) is 12.3. The number of hydrogen-bond donors (Lipinski definition) is 1. The maximum absolute atomic E-state index is 3.65. The van der Waals surface area contributed by atoms with E-state index in [0.717, 1.165) is 5.92 Å². The molecule has 0 unspecified atom stereocenters. The Hall–Kier alpha value is -1.76. The largest absolute Gasteiger partial charge is 0.382 e. The molecule has 0 bridgehead atoms. The van der Waals surface area contributed by atoms with E-state index in [2.05, 4.69) is 66.0 Å². The molecule has 0 saturated heterocycles. The minimum absolute atomic E-state index is 0.641. The summed E-state index contributed by atoms with van der Waals surface area (Å²) in [5, 5.41) is 3.65. The second kappa shape index (κ2) is 5.92. The highest BCUT2D eigenvalue weighted by molar-refractivity contribution is 5.43. The summed E-state index contributed by atoms with van der Waals surface area (Å²) in [6, 6.07) is 22.2. The third-order valence-electron chi connectivity index (χ3n) is 4.14. The smallest absolute Gasteiger partial charge is 0.0342 e. The molecule has 2 aromatic rings. The molecule has 19 heavy (non-hydrogen) atoms. The topological polar surface area (TPSA) is 12.0 Å². The molecule has 0 amide bonds. The number of anilines is 1. The van der Waals surface area contributed by atoms with E-state index in [1.807, 2.05) is 0 Å². The van der Waals surface area contributed by atoms with Gasteiger partial charge >= 0.3 is 0 Å². The van der Waals surface area contributed by atoms with E-state index in [9.17, 15) is 0 Å². The molecule has 2 aromatic carbocycles. The summed E-state index contributed by atoms with van der Waals surface area (Å²) < 4.78 is 0. The van der Waals surface area contributed by atoms with Gasteiger partial charge in [-0.25, -0.2) is 0 Å². The Bertz CT molecular complexity index is 484. The van der Waals surface area contributed by atoms with Crippen LogP contribution in [0.1, 0.15) is 37.2 Å². The number of nitrogens with one attached hydrogen (secondary N) is 1. The van der Waals surface area contributed by atoms with Crippen LogP contribution in [0, 0.1) is 0 Å². The zero-order chi connectivity index (χ0) is 12.9. The molecule has 1 N–H and O–H groups in total. The minimum atomic E-state index is 0.641. The van der Waals surface area contributed by atoms with Crippen molar-refractivity contribution < 1.29 is 0 Å². The van der Waals surface area contributed by atoms with E-state index in [-0.39, 0.29) is 0 Å². The predicted octanol–water partition coefficient (Wildman–Crippen LogP) is 4.82. The molecule has 1 heteroatoms. The first-order chi connectivity index (χ1) is 9.42. The fourth-order valence-corrected chi connectivity index (χ4v) is 3.07. The summed E-state index contributed by atoms with van der Waals surface area (Å²) in [6.45, 7) is 0. The molecule has 1 fully saturated rings. The predicted molar refractivity (Wildman–Crippen MR) is 81.5 cm³/mol. The van der Waals surface area contributed by atoms with Gasteiger partial charge in [-0.2, -0.15) is 0 Å². The van der Waals surface area contributed by atoms with E-state index >= 15 is 0 Å². The Kier molecular flexibility index (Phi) is 3.83. The molecule has 0 heterocycles. The molecule has 0 aliphatic heterocycles. The lowest BCUT2D eigenvalue weighted by Gasteiger charge is -2.30. The summed E-state index contributed by atoms with van der Waals surface area (Å²) in [7, 11) is 0. The molecule has 0 spiro atoms. The Balaban J connectivity index is 1.55. The van der Waals surface area contributed by atoms with Crippen LogP contribution in [0.2, 0.25) is 0 Å². The number of rotatable bonds is 3. The molecule has 1 aliphatic carbocycles. The van der Waals surface area contributed by atoms with E-state index < -0.39 is 0 Å². The van der Waals surface area contributed by atoms with Gasteiger partial charge in [0.05, 0.1) is 0 Å². The molecule has 3 rings (SSSR count). The minimum Gasteiger partial charge on any atom is -0.382 e. The maximum atomic E-state index is 3.65. The number of hydrogen-bond acceptors (Lipinski definition) is 1. The lowest BCUT2D eigenvalue weighted by Crippen LogP contribution is -2.25. The van der Waals surface area contributed by atoms with Crippen LogP contribution in [0.15, 0.2) is 60.7 Å². The summed E-state index contributed by atoms with van der Waals surface area (Å²) >= 11 is 0. The number of benzene rings is 2. The maximum Gasteiger partial charge on any atom is 0.0342 e. The third kappa shape index (κ3) is 3.17. The van der Waals surface area contributed by atoms with Gasteiger partial charge in [-0.1, -0.05) is 48.5 Å². The molecule has 0 atom stereocenters. The van der Waals surface area contributed by atoms with Crippen molar-refractivity contribution in [2.75, 3.05) is 5.32 Å². The first-order valence-electron chi connectivity index (χ1n) is 7.28. The first-order valence-corrected chi connectivity index (χ1v) is 7.28. The van der Waals surface area contributed by atoms with E-state index in [4.69, 9.17) is 0 Å². The summed E-state index contributed by atoms with van der Waals surface area (Å²) in [5.41, 5.74) is 2.77. The van der Waals surface area contributed by atoms with Gasteiger partial charge in [0, 0.05) is 11.7 Å². The molecule has 1 aliphatic rings. The Morgan fingerprint density at radius 2 is 1.26 bits per heavy atom. The van der Waals surface area contributed by atoms with E-state index in [1.165, 1.54) is 36.9 Å². The summed E-state index contributed by atoms with van der Waals surface area (Å²) in [5.74, 6) is 0.759. The van der Waals surface area contributed by atoms with E-state index in [1.54, 1.807) is 0 Å². The highest BCUT2D eigenvalue weighted by atomic mass is 14.9. The SMILES string of the molecule is c1ccc(NC2CCC(c3ccccc3)CC2)cc1. The van der Waals surface area contributed by atoms with Gasteiger partial charge < -0.3 is 5.32 Å². The molecule has 0 aromatic heterocycles. The fourth-order valence-electron chi connectivity index (χ4n) is 3.07. The zero-order valence-electron chi connectivity index (χ0n) is 11.3. The lowest BCUT2D eigenvalue weighted by molar-refractivity contribution is 0.412. The van der Waals surface area contributed by atoms with Crippen molar-refractivity contribution in [3.8, 4) is 0 Å². The molecule has 0 radical (unpaired) electrons. The van der Waals surface area contributed by atoms with Gasteiger partial charge in [-0.05, 0) is 49.3 Å². The average Bonchev–Trinajstić information content (AvgIpc) is 2.50. The van der Waals surface area contributed by atoms with Crippen molar-refractivity contribution in [2.45, 2.75) is 37.6 Å². The zero-order valence-corrected chi connectivity index (χ0v) is 11.3. The van der Waals surface area contributed by atoms with Gasteiger partial charge in [0.25, 0.3) is 0 Å². The van der Waals surface area contributed by atoms with Crippen LogP contribution in [0.4, 0.5) is 5.69 Å². The van der Waals surface area contributed by atoms with Crippen molar-refractivity contribution in [3.05, 3.63) is 66.2 Å². The van der Waals surface area contributed by atoms with Crippen LogP contribution in [0.5, 0.6) is 0 Å². The second-order valence-corrected chi connectivity index (χ2v) is 5.47. The van der Waals surface area contributed by atoms with Gasteiger partial charge in [0.15, 0.2) is 0 Å². The number of para-hydroxylation sites is 1. The molecular weight excluding hydrogens is 230 g/mol. The van der Waals surface area contributed by atoms with Crippen LogP contribution in [0.25, 0.3) is 0 Å². The monoisotopic (exact) mass is 251 g/mol. The Morgan fingerprint density at radius 3 is 1.89 bits per heavy atom. The van der Waals surface area contributed by atoms with Gasteiger partial charge in [-0.15, -0.1) is 0 Å². The normalized spacial score (nSPS) is 22.9. The van der Waals surface area contributed by atoms with Gasteiger partial charge in [0.2, 0.25) is 0 Å². The van der Waals surface area contributed by atoms with Gasteiger partial charge in [-0.3, -0.25) is 0 Å². The van der Waals surface area contributed by atoms with Crippen molar-refractivity contribution in [2.24, 2.45) is 0 Å². The van der Waals surface area contributed by atoms with Crippen LogP contribution < -0.4 is 5.32 Å². The quantitative estimate of drug-likeness (QED) is 0.824. The van der Waals surface area contributed by atoms with E-state index in [0.29, 0.717) is 6.04 Å². The molecule has 98 valence electrons. The average molecular weight is 251 g/mol. The van der Waals surface area contributed by atoms with Crippen molar-refractivity contribution >= 4 is 5.69 Å². The summed E-state index contributed by atoms with van der Waals surface area (Å²) in [6.07, 6.45) is 5.14. The van der Waals surface area contributed by atoms with Gasteiger partial charge in [0.1, 0.15) is 0 Å². The lowest BCUT2D eigenvalue weighted by atomic mass is 9.82. The molecular formula is C18H21N. The highest BCUT2D eigenvalue weighted by Gasteiger charge is 2.21. The second-order valence-electron chi connectivity index (χ2n) is 5.47. The van der Waals surface area contributed by atoms with Crippen LogP contribution in [-0.4, -0.2) is 6.04 Å². The standard InChI is InChI=1S/C18H21N/c1-3-7-15(8-4-1)16-11-13-18(14-12-16)19-17-9-5-2-6-10-17/h1-10,16,18-19H,11-14H2. The fraction of sp³-hybridized carbons (Fsp3) is 0.333. The third-order valence-corrected chi connectivity index (χ3v) is 4.14. The Morgan fingerprint density at radius 1 is 0.684 bits per heavy atom. The van der Waals surface area contributed by atoms with Crippen molar-refractivity contribution in [3.63, 3.8) is 0 Å². The van der Waals surface area contributed by atoms with Crippen molar-refractivity contribution in [1.82, 2.24) is 0 Å². The van der Waals surface area contributed by atoms with Crippen LogP contribution in [0.3, 0.4) is 0 Å². The van der Waals surface area contributed by atoms with Crippen LogP contribution >= 0.6 is 0 Å². The molecule has 1 saturated carbocycles. The summed E-state index contributed by atoms with van der Waals surface area (Å²) in [4.78, 5) is 0.